The van der Waals surface area contributed by atoms with Crippen LogP contribution in [0.1, 0.15) is 25.0 Å². The van der Waals surface area contributed by atoms with Gasteiger partial charge in [-0.15, -0.1) is 0 Å². The van der Waals surface area contributed by atoms with Gasteiger partial charge in [-0.1, -0.05) is 23.2 Å². The van der Waals surface area contributed by atoms with Gasteiger partial charge in [0, 0.05) is 23.7 Å². The lowest BCUT2D eigenvalue weighted by atomic mass is 10.1. The van der Waals surface area contributed by atoms with Gasteiger partial charge in [-0.05, 0) is 44.0 Å². The molecule has 122 valence electrons. The predicted molar refractivity (Wildman–Crippen MR) is 89.3 cm³/mol. The molecule has 1 aromatic carbocycles. The third-order valence-corrected chi connectivity index (χ3v) is 4.08. The second-order valence-electron chi connectivity index (χ2n) is 5.59. The van der Waals surface area contributed by atoms with Crippen molar-refractivity contribution in [3.8, 4) is 11.3 Å². The molecule has 23 heavy (non-hydrogen) atoms. The van der Waals surface area contributed by atoms with E-state index < -0.39 is 0 Å². The van der Waals surface area contributed by atoms with Crippen molar-refractivity contribution in [3.63, 3.8) is 0 Å². The molecule has 1 aromatic heterocycles. The number of nitrogens with one attached hydrogen (secondary N) is 2. The lowest BCUT2D eigenvalue weighted by Gasteiger charge is -2.26. The standard InChI is InChI=1S/C16H19ClN4O2/c1-11-14(18-16(22)19-21-9-3-2-4-10-21)15(23-20-11)12-5-7-13(17)8-6-12/h5-8H,2-4,9-10H2,1H3,(H2,18,19,22). The van der Waals surface area contributed by atoms with Crippen LogP contribution in [-0.4, -0.2) is 29.3 Å². The molecule has 3 rings (SSSR count). The number of nitrogens with zero attached hydrogens (tertiary/aromatic N) is 2. The zero-order valence-electron chi connectivity index (χ0n) is 12.9. The summed E-state index contributed by atoms with van der Waals surface area (Å²) in [6, 6.07) is 6.92. The van der Waals surface area contributed by atoms with Gasteiger partial charge in [-0.25, -0.2) is 9.80 Å². The van der Waals surface area contributed by atoms with Gasteiger partial charge in [0.25, 0.3) is 0 Å². The van der Waals surface area contributed by atoms with Crippen LogP contribution in [0.5, 0.6) is 0 Å². The molecule has 0 bridgehead atoms. The fourth-order valence-corrected chi connectivity index (χ4v) is 2.73. The van der Waals surface area contributed by atoms with Crippen LogP contribution in [0.25, 0.3) is 11.3 Å². The maximum atomic E-state index is 12.2. The number of hydrazine groups is 1. The summed E-state index contributed by atoms with van der Waals surface area (Å²) in [4.78, 5) is 12.2. The minimum Gasteiger partial charge on any atom is -0.354 e. The van der Waals surface area contributed by atoms with Gasteiger partial charge in [0.2, 0.25) is 0 Å². The van der Waals surface area contributed by atoms with Gasteiger partial charge >= 0.3 is 6.03 Å². The van der Waals surface area contributed by atoms with Crippen LogP contribution in [0.15, 0.2) is 28.8 Å². The Hall–Kier alpha value is -2.05. The molecule has 2 heterocycles. The number of urea groups is 1. The van der Waals surface area contributed by atoms with Crippen LogP contribution in [0.3, 0.4) is 0 Å². The molecule has 0 spiro atoms. The Bertz CT molecular complexity index is 678. The molecule has 0 unspecified atom stereocenters. The number of halogens is 1. The number of hydrogen-bond acceptors (Lipinski definition) is 4. The van der Waals surface area contributed by atoms with Gasteiger partial charge in [0.05, 0.1) is 0 Å². The van der Waals surface area contributed by atoms with Gasteiger partial charge < -0.3 is 9.84 Å². The highest BCUT2D eigenvalue weighted by atomic mass is 35.5. The molecule has 1 aliphatic heterocycles. The number of rotatable bonds is 3. The maximum absolute atomic E-state index is 12.2. The van der Waals surface area contributed by atoms with Crippen LogP contribution in [0.4, 0.5) is 10.5 Å². The third-order valence-electron chi connectivity index (χ3n) is 3.82. The molecule has 6 nitrogen and oxygen atoms in total. The van der Waals surface area contributed by atoms with Gasteiger partial charge in [-0.3, -0.25) is 5.43 Å². The molecule has 1 fully saturated rings. The van der Waals surface area contributed by atoms with Crippen molar-refractivity contribution < 1.29 is 9.32 Å². The molecule has 2 aromatic rings. The summed E-state index contributed by atoms with van der Waals surface area (Å²) in [5.41, 5.74) is 4.87. The molecule has 2 amide bonds. The molecule has 0 atom stereocenters. The Morgan fingerprint density at radius 1 is 1.22 bits per heavy atom. The molecule has 1 saturated heterocycles. The van der Waals surface area contributed by atoms with Crippen molar-refractivity contribution in [1.82, 2.24) is 15.6 Å². The SMILES string of the molecule is Cc1noc(-c2ccc(Cl)cc2)c1NC(=O)NN1CCCCC1. The van der Waals surface area contributed by atoms with E-state index in [9.17, 15) is 4.79 Å². The fourth-order valence-electron chi connectivity index (χ4n) is 2.61. The molecule has 0 radical (unpaired) electrons. The number of piperidine rings is 1. The molecule has 0 aliphatic carbocycles. The maximum Gasteiger partial charge on any atom is 0.333 e. The molecule has 1 aliphatic rings. The van der Waals surface area contributed by atoms with E-state index in [0.717, 1.165) is 31.5 Å². The zero-order chi connectivity index (χ0) is 16.2. The lowest BCUT2D eigenvalue weighted by molar-refractivity contribution is 0.162. The van der Waals surface area contributed by atoms with Crippen molar-refractivity contribution in [2.75, 3.05) is 18.4 Å². The summed E-state index contributed by atoms with van der Waals surface area (Å²) in [7, 11) is 0. The first-order chi connectivity index (χ1) is 11.1. The average Bonchev–Trinajstić information content (AvgIpc) is 2.90. The highest BCUT2D eigenvalue weighted by Gasteiger charge is 2.19. The largest absolute Gasteiger partial charge is 0.354 e. The quantitative estimate of drug-likeness (QED) is 0.895. The van der Waals surface area contributed by atoms with Gasteiger partial charge in [-0.2, -0.15) is 0 Å². The number of anilines is 1. The summed E-state index contributed by atoms with van der Waals surface area (Å²) in [5.74, 6) is 0.521. The van der Waals surface area contributed by atoms with Crippen LogP contribution >= 0.6 is 11.6 Å². The highest BCUT2D eigenvalue weighted by molar-refractivity contribution is 6.30. The first-order valence-corrected chi connectivity index (χ1v) is 8.06. The van der Waals surface area contributed by atoms with E-state index in [1.54, 1.807) is 19.1 Å². The van der Waals surface area contributed by atoms with Crippen molar-refractivity contribution in [2.45, 2.75) is 26.2 Å². The fraction of sp³-hybridized carbons (Fsp3) is 0.375. The Balaban J connectivity index is 1.73. The second-order valence-corrected chi connectivity index (χ2v) is 6.03. The van der Waals surface area contributed by atoms with Crippen LogP contribution < -0.4 is 10.7 Å². The van der Waals surface area contributed by atoms with Gasteiger partial charge in [0.1, 0.15) is 11.4 Å². The normalized spacial score (nSPS) is 15.4. The monoisotopic (exact) mass is 334 g/mol. The minimum atomic E-state index is -0.284. The number of carbonyl (C=O) groups is 1. The van der Waals surface area contributed by atoms with E-state index in [2.05, 4.69) is 15.9 Å². The number of aryl methyl sites for hydroxylation is 1. The smallest absolute Gasteiger partial charge is 0.333 e. The first-order valence-electron chi connectivity index (χ1n) is 7.68. The summed E-state index contributed by atoms with van der Waals surface area (Å²) in [5, 5.41) is 9.36. The topological polar surface area (TPSA) is 70.4 Å². The van der Waals surface area contributed by atoms with Crippen LogP contribution in [0.2, 0.25) is 5.02 Å². The van der Waals surface area contributed by atoms with E-state index >= 15 is 0 Å². The average molecular weight is 335 g/mol. The zero-order valence-corrected chi connectivity index (χ0v) is 13.7. The van der Waals surface area contributed by atoms with Crippen LogP contribution in [-0.2, 0) is 0 Å². The summed E-state index contributed by atoms with van der Waals surface area (Å²) in [6.07, 6.45) is 3.41. The molecule has 7 heteroatoms. The lowest BCUT2D eigenvalue weighted by Crippen LogP contribution is -2.46. The van der Waals surface area contributed by atoms with Crippen molar-refractivity contribution in [1.29, 1.82) is 0 Å². The van der Waals surface area contributed by atoms with Crippen molar-refractivity contribution >= 4 is 23.3 Å². The Morgan fingerprint density at radius 3 is 2.61 bits per heavy atom. The Kier molecular flexibility index (Phi) is 4.83. The summed E-state index contributed by atoms with van der Waals surface area (Å²) >= 11 is 5.91. The van der Waals surface area contributed by atoms with E-state index in [1.807, 2.05) is 17.1 Å². The molecular formula is C16H19ClN4O2. The number of carbonyl (C=O) groups excluding carboxylic acids is 1. The number of benzene rings is 1. The van der Waals surface area contributed by atoms with Gasteiger partial charge in [0.15, 0.2) is 5.76 Å². The molecule has 2 N–H and O–H groups in total. The van der Waals surface area contributed by atoms with E-state index in [1.165, 1.54) is 6.42 Å². The summed E-state index contributed by atoms with van der Waals surface area (Å²) in [6.45, 7) is 3.54. The highest BCUT2D eigenvalue weighted by Crippen LogP contribution is 2.31. The number of hydrogen-bond donors (Lipinski definition) is 2. The second kappa shape index (κ2) is 7.02. The summed E-state index contributed by atoms with van der Waals surface area (Å²) < 4.78 is 5.36. The number of aromatic nitrogens is 1. The molecule has 0 saturated carbocycles. The van der Waals surface area contributed by atoms with E-state index in [0.29, 0.717) is 22.2 Å². The Morgan fingerprint density at radius 2 is 1.91 bits per heavy atom. The van der Waals surface area contributed by atoms with Crippen molar-refractivity contribution in [3.05, 3.63) is 35.0 Å². The van der Waals surface area contributed by atoms with Crippen LogP contribution in [0, 0.1) is 6.92 Å². The third kappa shape index (κ3) is 3.83. The first kappa shape index (κ1) is 15.8. The predicted octanol–water partition coefficient (Wildman–Crippen LogP) is 3.83. The van der Waals surface area contributed by atoms with E-state index in [-0.39, 0.29) is 6.03 Å². The Labute approximate surface area is 139 Å². The van der Waals surface area contributed by atoms with Crippen molar-refractivity contribution in [2.24, 2.45) is 0 Å². The number of amides is 2. The minimum absolute atomic E-state index is 0.284. The van der Waals surface area contributed by atoms with E-state index in [4.69, 9.17) is 16.1 Å². The molecular weight excluding hydrogens is 316 g/mol.